The van der Waals surface area contributed by atoms with Gasteiger partial charge in [-0.15, -0.1) is 11.3 Å². The van der Waals surface area contributed by atoms with E-state index in [-0.39, 0.29) is 11.9 Å². The van der Waals surface area contributed by atoms with Gasteiger partial charge in [-0.05, 0) is 19.4 Å². The first-order valence-corrected chi connectivity index (χ1v) is 9.42. The first-order chi connectivity index (χ1) is 12.6. The number of nitrogens with zero attached hydrogens (tertiary/aromatic N) is 1. The second-order valence-corrected chi connectivity index (χ2v) is 6.97. The maximum absolute atomic E-state index is 12.9. The predicted octanol–water partition coefficient (Wildman–Crippen LogP) is 5.01. The molecule has 0 aliphatic rings. The highest BCUT2D eigenvalue weighted by molar-refractivity contribution is 7.17. The van der Waals surface area contributed by atoms with Gasteiger partial charge in [0.1, 0.15) is 15.6 Å². The van der Waals surface area contributed by atoms with Crippen LogP contribution >= 0.6 is 11.3 Å². The molecule has 1 atom stereocenters. The van der Waals surface area contributed by atoms with E-state index in [1.807, 2.05) is 68.4 Å². The number of hydrogen-bond donors (Lipinski definition) is 1. The normalized spacial score (nSPS) is 11.8. The van der Waals surface area contributed by atoms with Crippen LogP contribution in [-0.2, 0) is 0 Å². The third-order valence-corrected chi connectivity index (χ3v) is 5.46. The fourth-order valence-corrected chi connectivity index (χ4v) is 3.86. The zero-order chi connectivity index (χ0) is 18.5. The summed E-state index contributed by atoms with van der Waals surface area (Å²) in [5.41, 5.74) is 2.76. The second-order valence-electron chi connectivity index (χ2n) is 5.98. The first-order valence-electron chi connectivity index (χ1n) is 8.60. The summed E-state index contributed by atoms with van der Waals surface area (Å²) < 4.78 is 5.44. The van der Waals surface area contributed by atoms with E-state index >= 15 is 0 Å². The van der Waals surface area contributed by atoms with Crippen molar-refractivity contribution in [2.45, 2.75) is 26.3 Å². The van der Waals surface area contributed by atoms with Gasteiger partial charge in [0.15, 0.2) is 0 Å². The van der Waals surface area contributed by atoms with Crippen molar-refractivity contribution in [3.05, 3.63) is 70.7 Å². The smallest absolute Gasteiger partial charge is 0.263 e. The number of ether oxygens (including phenoxy) is 1. The molecule has 3 rings (SSSR count). The Hall–Kier alpha value is -2.66. The fraction of sp³-hybridized carbons (Fsp3) is 0.238. The minimum absolute atomic E-state index is 0.0973. The number of carbonyl (C=O) groups excluding carboxylic acids is 1. The molecule has 1 amide bonds. The Morgan fingerprint density at radius 1 is 1.15 bits per heavy atom. The van der Waals surface area contributed by atoms with Gasteiger partial charge in [0.05, 0.1) is 18.8 Å². The molecule has 0 saturated heterocycles. The molecule has 0 fully saturated rings. The zero-order valence-electron chi connectivity index (χ0n) is 15.2. The van der Waals surface area contributed by atoms with E-state index in [0.29, 0.717) is 4.88 Å². The van der Waals surface area contributed by atoms with E-state index in [1.54, 1.807) is 7.11 Å². The topological polar surface area (TPSA) is 51.2 Å². The van der Waals surface area contributed by atoms with Crippen LogP contribution in [0.5, 0.6) is 5.75 Å². The Labute approximate surface area is 157 Å². The molecular formula is C21H22N2O2S. The molecule has 26 heavy (non-hydrogen) atoms. The number of amides is 1. The molecule has 1 unspecified atom stereocenters. The number of carbonyl (C=O) groups is 1. The van der Waals surface area contributed by atoms with Crippen LogP contribution in [0.1, 0.15) is 40.3 Å². The molecule has 0 aliphatic carbocycles. The van der Waals surface area contributed by atoms with Gasteiger partial charge < -0.3 is 10.1 Å². The van der Waals surface area contributed by atoms with E-state index in [9.17, 15) is 4.79 Å². The third-order valence-electron chi connectivity index (χ3n) is 4.25. The van der Waals surface area contributed by atoms with Crippen LogP contribution in [0.2, 0.25) is 0 Å². The summed E-state index contributed by atoms with van der Waals surface area (Å²) in [5.74, 6) is 0.686. The fourth-order valence-electron chi connectivity index (χ4n) is 2.89. The molecule has 0 bridgehead atoms. The molecule has 1 N–H and O–H groups in total. The van der Waals surface area contributed by atoms with E-state index in [4.69, 9.17) is 4.74 Å². The Balaban J connectivity index is 1.84. The molecule has 1 aromatic heterocycles. The van der Waals surface area contributed by atoms with Crippen LogP contribution < -0.4 is 10.1 Å². The minimum atomic E-state index is -0.111. The number of aromatic nitrogens is 1. The lowest BCUT2D eigenvalue weighted by Crippen LogP contribution is -2.28. The van der Waals surface area contributed by atoms with E-state index in [2.05, 4.69) is 10.3 Å². The molecule has 2 aromatic carbocycles. The van der Waals surface area contributed by atoms with Gasteiger partial charge >= 0.3 is 0 Å². The van der Waals surface area contributed by atoms with Gasteiger partial charge in [-0.2, -0.15) is 0 Å². The SMILES string of the molecule is CCC(NC(=O)c1sc(-c2ccccc2)nc1C)c1ccccc1OC. The van der Waals surface area contributed by atoms with E-state index in [0.717, 1.165) is 34.0 Å². The van der Waals surface area contributed by atoms with E-state index in [1.165, 1.54) is 11.3 Å². The first kappa shape index (κ1) is 18.1. The summed E-state index contributed by atoms with van der Waals surface area (Å²) in [6.45, 7) is 3.92. The van der Waals surface area contributed by atoms with Gasteiger partial charge in [-0.3, -0.25) is 4.79 Å². The molecule has 0 radical (unpaired) electrons. The van der Waals surface area contributed by atoms with Gasteiger partial charge in [-0.25, -0.2) is 4.98 Å². The molecular weight excluding hydrogens is 344 g/mol. The van der Waals surface area contributed by atoms with Crippen molar-refractivity contribution < 1.29 is 9.53 Å². The monoisotopic (exact) mass is 366 g/mol. The summed E-state index contributed by atoms with van der Waals surface area (Å²) in [6.07, 6.45) is 0.773. The molecule has 0 saturated carbocycles. The number of para-hydroxylation sites is 1. The summed E-state index contributed by atoms with van der Waals surface area (Å²) in [5, 5.41) is 3.99. The van der Waals surface area contributed by atoms with Crippen molar-refractivity contribution in [1.29, 1.82) is 0 Å². The Morgan fingerprint density at radius 2 is 1.85 bits per heavy atom. The lowest BCUT2D eigenvalue weighted by atomic mass is 10.0. The van der Waals surface area contributed by atoms with Crippen molar-refractivity contribution in [3.63, 3.8) is 0 Å². The molecule has 3 aromatic rings. The van der Waals surface area contributed by atoms with Gasteiger partial charge in [0.25, 0.3) is 5.91 Å². The molecule has 4 nitrogen and oxygen atoms in total. The average Bonchev–Trinajstić information content (AvgIpc) is 3.08. The average molecular weight is 366 g/mol. The van der Waals surface area contributed by atoms with Crippen molar-refractivity contribution in [2.24, 2.45) is 0 Å². The van der Waals surface area contributed by atoms with Crippen molar-refractivity contribution in [3.8, 4) is 16.3 Å². The maximum atomic E-state index is 12.9. The summed E-state index contributed by atoms with van der Waals surface area (Å²) >= 11 is 1.42. The largest absolute Gasteiger partial charge is 0.496 e. The standard InChI is InChI=1S/C21H22N2O2S/c1-4-17(16-12-8-9-13-18(16)25-3)23-20(24)19-14(2)22-21(26-19)15-10-6-5-7-11-15/h5-13,17H,4H2,1-3H3,(H,23,24). The molecule has 5 heteroatoms. The van der Waals surface area contributed by atoms with Crippen molar-refractivity contribution in [2.75, 3.05) is 7.11 Å². The number of rotatable bonds is 6. The highest BCUT2D eigenvalue weighted by Gasteiger charge is 2.21. The van der Waals surface area contributed by atoms with Gasteiger partial charge in [-0.1, -0.05) is 55.5 Å². The molecule has 1 heterocycles. The Bertz CT molecular complexity index is 890. The zero-order valence-corrected chi connectivity index (χ0v) is 16.0. The minimum Gasteiger partial charge on any atom is -0.496 e. The number of hydrogen-bond acceptors (Lipinski definition) is 4. The Morgan fingerprint density at radius 3 is 2.54 bits per heavy atom. The van der Waals surface area contributed by atoms with Crippen LogP contribution in [0.15, 0.2) is 54.6 Å². The quantitative estimate of drug-likeness (QED) is 0.667. The maximum Gasteiger partial charge on any atom is 0.263 e. The van der Waals surface area contributed by atoms with Gasteiger partial charge in [0.2, 0.25) is 0 Å². The lowest BCUT2D eigenvalue weighted by Gasteiger charge is -2.19. The number of nitrogens with one attached hydrogen (secondary N) is 1. The molecule has 0 aliphatic heterocycles. The van der Waals surface area contributed by atoms with Crippen molar-refractivity contribution >= 4 is 17.2 Å². The van der Waals surface area contributed by atoms with Crippen LogP contribution in [0.3, 0.4) is 0 Å². The summed E-state index contributed by atoms with van der Waals surface area (Å²) in [4.78, 5) is 18.1. The number of benzene rings is 2. The van der Waals surface area contributed by atoms with Crippen molar-refractivity contribution in [1.82, 2.24) is 10.3 Å². The lowest BCUT2D eigenvalue weighted by molar-refractivity contribution is 0.0938. The van der Waals surface area contributed by atoms with Crippen LogP contribution in [0.25, 0.3) is 10.6 Å². The highest BCUT2D eigenvalue weighted by Crippen LogP contribution is 2.30. The summed E-state index contributed by atoms with van der Waals surface area (Å²) in [7, 11) is 1.65. The third kappa shape index (κ3) is 3.78. The number of methoxy groups -OCH3 is 1. The molecule has 134 valence electrons. The van der Waals surface area contributed by atoms with Crippen LogP contribution in [0, 0.1) is 6.92 Å². The van der Waals surface area contributed by atoms with Crippen LogP contribution in [0.4, 0.5) is 0 Å². The van der Waals surface area contributed by atoms with E-state index < -0.39 is 0 Å². The number of thiazole rings is 1. The molecule has 0 spiro atoms. The number of aryl methyl sites for hydroxylation is 1. The summed E-state index contributed by atoms with van der Waals surface area (Å²) in [6, 6.07) is 17.6. The Kier molecular flexibility index (Phi) is 5.68. The second kappa shape index (κ2) is 8.15. The van der Waals surface area contributed by atoms with Crippen LogP contribution in [-0.4, -0.2) is 18.0 Å². The van der Waals surface area contributed by atoms with Gasteiger partial charge in [0, 0.05) is 11.1 Å². The predicted molar refractivity (Wildman–Crippen MR) is 106 cm³/mol. The highest BCUT2D eigenvalue weighted by atomic mass is 32.1.